The summed E-state index contributed by atoms with van der Waals surface area (Å²) in [4.78, 5) is 1.33. The quantitative estimate of drug-likeness (QED) is 0.862. The van der Waals surface area contributed by atoms with Gasteiger partial charge in [-0.1, -0.05) is 13.8 Å². The molecule has 0 aliphatic rings. The fraction of sp³-hybridized carbons (Fsp3) is 0.429. The van der Waals surface area contributed by atoms with E-state index in [-0.39, 0.29) is 6.04 Å². The van der Waals surface area contributed by atoms with Crippen LogP contribution >= 0.6 is 27.3 Å². The Morgan fingerprint density at radius 3 is 2.78 bits per heavy atom. The van der Waals surface area contributed by atoms with Crippen LogP contribution in [-0.4, -0.2) is 6.54 Å². The van der Waals surface area contributed by atoms with Gasteiger partial charge in [-0.2, -0.15) is 0 Å². The first kappa shape index (κ1) is 13.8. The van der Waals surface area contributed by atoms with Crippen LogP contribution in [0.2, 0.25) is 0 Å². The van der Waals surface area contributed by atoms with Crippen LogP contribution in [0.1, 0.15) is 41.7 Å². The van der Waals surface area contributed by atoms with Gasteiger partial charge in [0, 0.05) is 16.9 Å². The summed E-state index contributed by atoms with van der Waals surface area (Å²) in [6.45, 7) is 7.33. The molecule has 2 aromatic rings. The fourth-order valence-corrected chi connectivity index (χ4v) is 3.75. The standard InChI is InChI=1S/C14H18BrNOS/c1-4-11-10(6-7-17-11)13(16-5-2)12-8-9(3)14(15)18-12/h6-8,13,16H,4-5H2,1-3H3. The van der Waals surface area contributed by atoms with Crippen molar-refractivity contribution in [2.24, 2.45) is 0 Å². The first-order valence-electron chi connectivity index (χ1n) is 6.22. The van der Waals surface area contributed by atoms with Crippen LogP contribution in [0.3, 0.4) is 0 Å². The normalized spacial score (nSPS) is 12.9. The molecule has 2 heterocycles. The first-order chi connectivity index (χ1) is 8.67. The van der Waals surface area contributed by atoms with E-state index in [9.17, 15) is 0 Å². The number of rotatable bonds is 5. The first-order valence-corrected chi connectivity index (χ1v) is 7.83. The molecule has 0 saturated heterocycles. The van der Waals surface area contributed by atoms with Crippen molar-refractivity contribution in [1.82, 2.24) is 5.32 Å². The van der Waals surface area contributed by atoms with E-state index in [1.165, 1.54) is 19.8 Å². The zero-order chi connectivity index (χ0) is 13.1. The largest absolute Gasteiger partial charge is 0.469 e. The Morgan fingerprint density at radius 2 is 2.22 bits per heavy atom. The lowest BCUT2D eigenvalue weighted by atomic mass is 10.0. The minimum Gasteiger partial charge on any atom is -0.469 e. The van der Waals surface area contributed by atoms with E-state index in [1.807, 2.05) is 0 Å². The molecule has 98 valence electrons. The van der Waals surface area contributed by atoms with E-state index in [2.05, 4.69) is 54.2 Å². The van der Waals surface area contributed by atoms with Gasteiger partial charge in [0.15, 0.2) is 0 Å². The molecule has 1 unspecified atom stereocenters. The molecule has 4 heteroatoms. The second-order valence-electron chi connectivity index (χ2n) is 4.25. The van der Waals surface area contributed by atoms with Crippen LogP contribution in [-0.2, 0) is 6.42 Å². The molecular formula is C14H18BrNOS. The molecule has 2 rings (SSSR count). The molecule has 0 fully saturated rings. The summed E-state index contributed by atoms with van der Waals surface area (Å²) in [5.74, 6) is 1.07. The van der Waals surface area contributed by atoms with E-state index < -0.39 is 0 Å². The summed E-state index contributed by atoms with van der Waals surface area (Å²) < 4.78 is 6.76. The predicted octanol–water partition coefficient (Wildman–Crippen LogP) is 4.67. The zero-order valence-electron chi connectivity index (χ0n) is 10.9. The average Bonchev–Trinajstić information content (AvgIpc) is 2.94. The number of furan rings is 1. The minimum absolute atomic E-state index is 0.235. The summed E-state index contributed by atoms with van der Waals surface area (Å²) in [6, 6.07) is 4.56. The Kier molecular flexibility index (Phi) is 4.65. The minimum atomic E-state index is 0.235. The topological polar surface area (TPSA) is 25.2 Å². The molecule has 0 saturated carbocycles. The number of hydrogen-bond donors (Lipinski definition) is 1. The van der Waals surface area contributed by atoms with Gasteiger partial charge in [-0.3, -0.25) is 0 Å². The van der Waals surface area contributed by atoms with Gasteiger partial charge in [0.25, 0.3) is 0 Å². The Labute approximate surface area is 121 Å². The summed E-state index contributed by atoms with van der Waals surface area (Å²) >= 11 is 5.39. The van der Waals surface area contributed by atoms with Gasteiger partial charge < -0.3 is 9.73 Å². The van der Waals surface area contributed by atoms with Crippen LogP contribution in [0.4, 0.5) is 0 Å². The van der Waals surface area contributed by atoms with Crippen molar-refractivity contribution < 1.29 is 4.42 Å². The molecule has 1 atom stereocenters. The SMILES string of the molecule is CCNC(c1cc(C)c(Br)s1)c1ccoc1CC. The molecule has 0 amide bonds. The predicted molar refractivity (Wildman–Crippen MR) is 80.4 cm³/mol. The van der Waals surface area contributed by atoms with Crippen molar-refractivity contribution in [3.63, 3.8) is 0 Å². The summed E-state index contributed by atoms with van der Waals surface area (Å²) in [6.07, 6.45) is 2.71. The van der Waals surface area contributed by atoms with Gasteiger partial charge in [-0.05, 0) is 47.1 Å². The van der Waals surface area contributed by atoms with Gasteiger partial charge in [0.1, 0.15) is 5.76 Å². The third kappa shape index (κ3) is 2.71. The van der Waals surface area contributed by atoms with Crippen LogP contribution in [0.15, 0.2) is 26.6 Å². The molecule has 0 radical (unpaired) electrons. The van der Waals surface area contributed by atoms with Gasteiger partial charge >= 0.3 is 0 Å². The van der Waals surface area contributed by atoms with Crippen LogP contribution in [0, 0.1) is 6.92 Å². The lowest BCUT2D eigenvalue weighted by Gasteiger charge is -2.16. The molecule has 0 aliphatic carbocycles. The van der Waals surface area contributed by atoms with Gasteiger partial charge in [-0.25, -0.2) is 0 Å². The lowest BCUT2D eigenvalue weighted by molar-refractivity contribution is 0.503. The second kappa shape index (κ2) is 6.04. The third-order valence-corrected chi connectivity index (χ3v) is 5.18. The summed E-state index contributed by atoms with van der Waals surface area (Å²) in [5.41, 5.74) is 2.55. The number of thiophene rings is 1. The molecular weight excluding hydrogens is 310 g/mol. The Morgan fingerprint density at radius 1 is 1.44 bits per heavy atom. The maximum absolute atomic E-state index is 5.55. The third-order valence-electron chi connectivity index (χ3n) is 2.98. The lowest BCUT2D eigenvalue weighted by Crippen LogP contribution is -2.21. The maximum atomic E-state index is 5.55. The monoisotopic (exact) mass is 327 g/mol. The second-order valence-corrected chi connectivity index (χ2v) is 6.65. The van der Waals surface area contributed by atoms with Crippen molar-refractivity contribution in [3.8, 4) is 0 Å². The molecule has 2 nitrogen and oxygen atoms in total. The molecule has 0 bridgehead atoms. The molecule has 0 aromatic carbocycles. The number of hydrogen-bond acceptors (Lipinski definition) is 3. The molecule has 1 N–H and O–H groups in total. The number of nitrogens with one attached hydrogen (secondary N) is 1. The average molecular weight is 328 g/mol. The van der Waals surface area contributed by atoms with E-state index in [0.717, 1.165) is 18.7 Å². The van der Waals surface area contributed by atoms with Crippen molar-refractivity contribution in [1.29, 1.82) is 0 Å². The highest BCUT2D eigenvalue weighted by molar-refractivity contribution is 9.11. The highest BCUT2D eigenvalue weighted by Crippen LogP contribution is 2.35. The van der Waals surface area contributed by atoms with Crippen LogP contribution in [0.5, 0.6) is 0 Å². The maximum Gasteiger partial charge on any atom is 0.108 e. The van der Waals surface area contributed by atoms with Gasteiger partial charge in [0.2, 0.25) is 0 Å². The van der Waals surface area contributed by atoms with Crippen LogP contribution < -0.4 is 5.32 Å². The fourth-order valence-electron chi connectivity index (χ4n) is 2.09. The van der Waals surface area contributed by atoms with Gasteiger partial charge in [-0.15, -0.1) is 11.3 Å². The van der Waals surface area contributed by atoms with Crippen LogP contribution in [0.25, 0.3) is 0 Å². The summed E-state index contributed by atoms with van der Waals surface area (Å²) in [5, 5.41) is 3.55. The Bertz CT molecular complexity index is 498. The highest BCUT2D eigenvalue weighted by Gasteiger charge is 2.20. The highest BCUT2D eigenvalue weighted by atomic mass is 79.9. The van der Waals surface area contributed by atoms with Gasteiger partial charge in [0.05, 0.1) is 16.1 Å². The Balaban J connectivity index is 2.39. The van der Waals surface area contributed by atoms with E-state index >= 15 is 0 Å². The van der Waals surface area contributed by atoms with Crippen molar-refractivity contribution in [2.45, 2.75) is 33.2 Å². The van der Waals surface area contributed by atoms with Crippen molar-refractivity contribution in [2.75, 3.05) is 6.54 Å². The molecule has 0 aliphatic heterocycles. The number of aryl methyl sites for hydroxylation is 2. The van der Waals surface area contributed by atoms with Crippen molar-refractivity contribution in [3.05, 3.63) is 43.9 Å². The van der Waals surface area contributed by atoms with E-state index in [4.69, 9.17) is 4.42 Å². The van der Waals surface area contributed by atoms with E-state index in [0.29, 0.717) is 0 Å². The number of halogens is 1. The zero-order valence-corrected chi connectivity index (χ0v) is 13.3. The smallest absolute Gasteiger partial charge is 0.108 e. The van der Waals surface area contributed by atoms with E-state index in [1.54, 1.807) is 17.6 Å². The molecule has 0 spiro atoms. The molecule has 18 heavy (non-hydrogen) atoms. The summed E-state index contributed by atoms with van der Waals surface area (Å²) in [7, 11) is 0. The van der Waals surface area contributed by atoms with Crippen molar-refractivity contribution >= 4 is 27.3 Å². The Hall–Kier alpha value is -0.580. The molecule has 2 aromatic heterocycles.